The first kappa shape index (κ1) is 22.4. The van der Waals surface area contributed by atoms with Gasteiger partial charge in [0.25, 0.3) is 0 Å². The highest BCUT2D eigenvalue weighted by atomic mass is 79.9. The molecule has 9 nitrogen and oxygen atoms in total. The Kier molecular flexibility index (Phi) is 7.35. The number of nitrogens with one attached hydrogen (secondary N) is 3. The van der Waals surface area contributed by atoms with Crippen LogP contribution in [0, 0.1) is 0 Å². The molecule has 1 aromatic carbocycles. The van der Waals surface area contributed by atoms with Crippen molar-refractivity contribution in [1.82, 2.24) is 20.9 Å². The van der Waals surface area contributed by atoms with Crippen LogP contribution in [0.4, 0.5) is 0 Å². The van der Waals surface area contributed by atoms with Gasteiger partial charge in [0.15, 0.2) is 0 Å². The summed E-state index contributed by atoms with van der Waals surface area (Å²) in [5.41, 5.74) is 1.51. The van der Waals surface area contributed by atoms with E-state index in [0.717, 1.165) is 5.56 Å². The Morgan fingerprint density at radius 1 is 1.06 bits per heavy atom. The quantitative estimate of drug-likeness (QED) is 0.401. The number of amides is 3. The van der Waals surface area contributed by atoms with Gasteiger partial charge in [-0.25, -0.2) is 9.78 Å². The average Bonchev–Trinajstić information content (AvgIpc) is 2.73. The summed E-state index contributed by atoms with van der Waals surface area (Å²) in [7, 11) is 0. The molecule has 0 spiro atoms. The highest BCUT2D eigenvalue weighted by Gasteiger charge is 2.35. The summed E-state index contributed by atoms with van der Waals surface area (Å²) in [6.07, 6.45) is 1.53. The van der Waals surface area contributed by atoms with Gasteiger partial charge in [0, 0.05) is 19.0 Å². The number of rotatable bonds is 8. The Bertz CT molecular complexity index is 985. The Labute approximate surface area is 186 Å². The monoisotopic (exact) mass is 488 g/mol. The van der Waals surface area contributed by atoms with Crippen LogP contribution in [0.3, 0.4) is 0 Å². The topological polar surface area (TPSA) is 137 Å². The van der Waals surface area contributed by atoms with E-state index in [2.05, 4.69) is 36.9 Å². The van der Waals surface area contributed by atoms with E-state index >= 15 is 0 Å². The highest BCUT2D eigenvalue weighted by Crippen LogP contribution is 2.15. The lowest BCUT2D eigenvalue weighted by atomic mass is 10.0. The molecule has 4 N–H and O–H groups in total. The molecule has 1 fully saturated rings. The Morgan fingerprint density at radius 3 is 2.42 bits per heavy atom. The van der Waals surface area contributed by atoms with Gasteiger partial charge in [0.1, 0.15) is 22.7 Å². The van der Waals surface area contributed by atoms with Gasteiger partial charge in [-0.2, -0.15) is 0 Å². The summed E-state index contributed by atoms with van der Waals surface area (Å²) in [5.74, 6) is -2.76. The van der Waals surface area contributed by atoms with Crippen LogP contribution in [0.25, 0.3) is 0 Å². The first-order valence-electron chi connectivity index (χ1n) is 9.59. The second-order valence-corrected chi connectivity index (χ2v) is 7.88. The molecule has 0 radical (unpaired) electrons. The molecule has 3 amide bonds. The van der Waals surface area contributed by atoms with Crippen molar-refractivity contribution in [2.75, 3.05) is 0 Å². The zero-order chi connectivity index (χ0) is 22.4. The van der Waals surface area contributed by atoms with E-state index in [-0.39, 0.29) is 12.8 Å². The van der Waals surface area contributed by atoms with Gasteiger partial charge in [0.05, 0.1) is 6.42 Å². The minimum absolute atomic E-state index is 0.0118. The number of carbonyl (C=O) groups excluding carboxylic acids is 3. The van der Waals surface area contributed by atoms with Crippen molar-refractivity contribution in [3.63, 3.8) is 0 Å². The maximum absolute atomic E-state index is 12.4. The summed E-state index contributed by atoms with van der Waals surface area (Å²) in [5, 5.41) is 17.0. The number of hydrogen-bond acceptors (Lipinski definition) is 5. The number of aliphatic carboxylic acids is 1. The van der Waals surface area contributed by atoms with E-state index in [1.54, 1.807) is 18.3 Å². The van der Waals surface area contributed by atoms with Gasteiger partial charge in [-0.1, -0.05) is 36.4 Å². The van der Waals surface area contributed by atoms with E-state index in [1.807, 2.05) is 30.3 Å². The third-order valence-electron chi connectivity index (χ3n) is 4.83. The number of piperazine rings is 1. The number of halogens is 1. The van der Waals surface area contributed by atoms with Crippen LogP contribution >= 0.6 is 15.9 Å². The van der Waals surface area contributed by atoms with Crippen LogP contribution in [-0.2, 0) is 32.0 Å². The fourth-order valence-corrected chi connectivity index (χ4v) is 3.66. The third-order valence-corrected chi connectivity index (χ3v) is 5.55. The first-order chi connectivity index (χ1) is 14.8. The molecule has 2 aromatic rings. The van der Waals surface area contributed by atoms with E-state index in [1.165, 1.54) is 0 Å². The Hall–Kier alpha value is -3.27. The lowest BCUT2D eigenvalue weighted by Crippen LogP contribution is -2.63. The lowest BCUT2D eigenvalue weighted by Gasteiger charge is -2.29. The van der Waals surface area contributed by atoms with Gasteiger partial charge >= 0.3 is 5.97 Å². The predicted molar refractivity (Wildman–Crippen MR) is 114 cm³/mol. The second-order valence-electron chi connectivity index (χ2n) is 7.13. The van der Waals surface area contributed by atoms with E-state index in [0.29, 0.717) is 16.6 Å². The fraction of sp³-hybridized carbons (Fsp3) is 0.286. The lowest BCUT2D eigenvalue weighted by molar-refractivity contribution is -0.142. The predicted octanol–water partition coefficient (Wildman–Crippen LogP) is 0.572. The molecule has 3 atom stereocenters. The molecular formula is C21H21BrN4O5. The molecule has 0 unspecified atom stereocenters. The molecule has 1 saturated heterocycles. The standard InChI is InChI=1S/C21H21BrN4O5/c22-18-13(7-4-8-23-18)10-16(21(30)31)24-17(27)11-15-20(29)25-14(19(28)26-15)9-12-5-2-1-3-6-12/h1-8,14-16H,9-11H2,(H,24,27)(H,25,29)(H,26,28)(H,30,31)/t14-,15-,16-/m0/s1. The van der Waals surface area contributed by atoms with Crippen LogP contribution < -0.4 is 16.0 Å². The Morgan fingerprint density at radius 2 is 1.74 bits per heavy atom. The highest BCUT2D eigenvalue weighted by molar-refractivity contribution is 9.10. The van der Waals surface area contributed by atoms with E-state index in [9.17, 15) is 24.3 Å². The van der Waals surface area contributed by atoms with Crippen molar-refractivity contribution in [1.29, 1.82) is 0 Å². The Balaban J connectivity index is 1.57. The largest absolute Gasteiger partial charge is 0.480 e. The molecule has 2 heterocycles. The minimum atomic E-state index is -1.22. The van der Waals surface area contributed by atoms with Gasteiger partial charge in [-0.3, -0.25) is 14.4 Å². The molecule has 31 heavy (non-hydrogen) atoms. The SMILES string of the molecule is O=C(C[C@@H]1NC(=O)[C@H](Cc2ccccc2)NC1=O)N[C@@H](Cc1cccnc1Br)C(=O)O. The van der Waals surface area contributed by atoms with Crippen molar-refractivity contribution < 1.29 is 24.3 Å². The number of pyridine rings is 1. The number of benzene rings is 1. The van der Waals surface area contributed by atoms with Crippen molar-refractivity contribution in [2.24, 2.45) is 0 Å². The molecule has 1 aliphatic rings. The second kappa shape index (κ2) is 10.2. The number of nitrogens with zero attached hydrogens (tertiary/aromatic N) is 1. The van der Waals surface area contributed by atoms with Gasteiger partial charge in [-0.15, -0.1) is 0 Å². The van der Waals surface area contributed by atoms with Crippen LogP contribution in [-0.4, -0.2) is 51.9 Å². The van der Waals surface area contributed by atoms with Crippen LogP contribution in [0.1, 0.15) is 17.5 Å². The normalized spacial score (nSPS) is 19.1. The number of aromatic nitrogens is 1. The third kappa shape index (κ3) is 6.11. The minimum Gasteiger partial charge on any atom is -0.480 e. The molecule has 0 aliphatic carbocycles. The first-order valence-corrected chi connectivity index (χ1v) is 10.4. The van der Waals surface area contributed by atoms with Crippen molar-refractivity contribution in [3.05, 3.63) is 64.4 Å². The smallest absolute Gasteiger partial charge is 0.326 e. The van der Waals surface area contributed by atoms with Crippen LogP contribution in [0.15, 0.2) is 53.3 Å². The average molecular weight is 489 g/mol. The molecule has 1 aromatic heterocycles. The van der Waals surface area contributed by atoms with Gasteiger partial charge < -0.3 is 21.1 Å². The van der Waals surface area contributed by atoms with Crippen molar-refractivity contribution >= 4 is 39.6 Å². The molecule has 3 rings (SSSR count). The zero-order valence-electron chi connectivity index (χ0n) is 16.4. The van der Waals surface area contributed by atoms with E-state index < -0.39 is 41.8 Å². The molecule has 1 aliphatic heterocycles. The van der Waals surface area contributed by atoms with Crippen molar-refractivity contribution in [2.45, 2.75) is 37.4 Å². The maximum Gasteiger partial charge on any atom is 0.326 e. The number of carboxylic acids is 1. The van der Waals surface area contributed by atoms with Gasteiger partial charge in [0.2, 0.25) is 17.7 Å². The van der Waals surface area contributed by atoms with Crippen LogP contribution in [0.5, 0.6) is 0 Å². The summed E-state index contributed by atoms with van der Waals surface area (Å²) in [6, 6.07) is 9.59. The van der Waals surface area contributed by atoms with Crippen molar-refractivity contribution in [3.8, 4) is 0 Å². The number of hydrogen-bond donors (Lipinski definition) is 4. The maximum atomic E-state index is 12.4. The summed E-state index contributed by atoms with van der Waals surface area (Å²) >= 11 is 3.25. The summed E-state index contributed by atoms with van der Waals surface area (Å²) < 4.78 is 0.485. The summed E-state index contributed by atoms with van der Waals surface area (Å²) in [4.78, 5) is 52.8. The summed E-state index contributed by atoms with van der Waals surface area (Å²) in [6.45, 7) is 0. The van der Waals surface area contributed by atoms with E-state index in [4.69, 9.17) is 0 Å². The molecular weight excluding hydrogens is 468 g/mol. The number of carboxylic acid groups (broad SMARTS) is 1. The molecule has 0 bridgehead atoms. The molecule has 10 heteroatoms. The van der Waals surface area contributed by atoms with Gasteiger partial charge in [-0.05, 0) is 33.1 Å². The molecule has 162 valence electrons. The fourth-order valence-electron chi connectivity index (χ4n) is 3.24. The van der Waals surface area contributed by atoms with Crippen LogP contribution in [0.2, 0.25) is 0 Å². The zero-order valence-corrected chi connectivity index (χ0v) is 18.0. The molecule has 0 saturated carbocycles. The number of carbonyl (C=O) groups is 4.